The molecule has 1 fully saturated rings. The molecular formula is C27H50N2O9S. The molecule has 12 heteroatoms. The highest BCUT2D eigenvalue weighted by atomic mass is 32.2. The predicted molar refractivity (Wildman–Crippen MR) is 150 cm³/mol. The summed E-state index contributed by atoms with van der Waals surface area (Å²) < 4.78 is 32.4. The van der Waals surface area contributed by atoms with Crippen LogP contribution in [0.4, 0.5) is 4.79 Å². The Labute approximate surface area is 238 Å². The summed E-state index contributed by atoms with van der Waals surface area (Å²) in [6, 6.07) is 0. The van der Waals surface area contributed by atoms with Crippen molar-refractivity contribution in [3.05, 3.63) is 0 Å². The molecule has 1 atom stereocenters. The van der Waals surface area contributed by atoms with Gasteiger partial charge in [-0.3, -0.25) is 4.79 Å². The second kappa shape index (κ2) is 24.4. The Morgan fingerprint density at radius 3 is 1.77 bits per heavy atom. The summed E-state index contributed by atoms with van der Waals surface area (Å²) in [4.78, 5) is 36.2. The highest BCUT2D eigenvalue weighted by Crippen LogP contribution is 2.28. The van der Waals surface area contributed by atoms with Gasteiger partial charge in [-0.2, -0.15) is 11.8 Å². The number of amides is 2. The van der Waals surface area contributed by atoms with Crippen molar-refractivity contribution in [2.45, 2.75) is 63.4 Å². The maximum atomic E-state index is 12.2. The molecule has 0 saturated carbocycles. The minimum atomic E-state index is -0.251. The molecule has 0 aromatic carbocycles. The normalized spacial score (nSPS) is 14.8. The van der Waals surface area contributed by atoms with Crippen LogP contribution in [0.1, 0.15) is 52.9 Å². The molecule has 0 aromatic rings. The lowest BCUT2D eigenvalue weighted by Crippen LogP contribution is -2.40. The van der Waals surface area contributed by atoms with E-state index in [1.807, 2.05) is 11.8 Å². The van der Waals surface area contributed by atoms with Crippen LogP contribution < -0.4 is 5.32 Å². The number of carbonyl (C=O) groups excluding carboxylic acids is 3. The standard InChI is InChI=1S/C27H50N2O9S/c1-4-24(3)39-25-7-10-29(11-8-25)27(32)38-22-21-37-20-19-36-18-17-35-16-15-34-14-13-33-12-9-28-26(31)6-5-23(2)30/h24-25H,4-22H2,1-3H3,(H,28,31). The molecule has 0 bridgehead atoms. The first-order valence-corrected chi connectivity index (χ1v) is 15.1. The van der Waals surface area contributed by atoms with Gasteiger partial charge in [-0.15, -0.1) is 0 Å². The van der Waals surface area contributed by atoms with Gasteiger partial charge in [0.2, 0.25) is 5.91 Å². The third-order valence-corrected chi connectivity index (χ3v) is 7.57. The zero-order valence-electron chi connectivity index (χ0n) is 24.1. The highest BCUT2D eigenvalue weighted by Gasteiger charge is 2.24. The van der Waals surface area contributed by atoms with E-state index in [2.05, 4.69) is 19.2 Å². The van der Waals surface area contributed by atoms with Crippen LogP contribution in [0.25, 0.3) is 0 Å². The number of nitrogens with zero attached hydrogens (tertiary/aromatic N) is 1. The lowest BCUT2D eigenvalue weighted by atomic mass is 10.1. The Hall–Kier alpha value is -1.44. The molecule has 0 radical (unpaired) electrons. The van der Waals surface area contributed by atoms with Crippen molar-refractivity contribution < 1.29 is 42.8 Å². The van der Waals surface area contributed by atoms with Crippen LogP contribution in [-0.4, -0.2) is 125 Å². The number of ketones is 1. The fourth-order valence-corrected chi connectivity index (χ4v) is 4.83. The van der Waals surface area contributed by atoms with Gasteiger partial charge in [0.25, 0.3) is 0 Å². The molecular weight excluding hydrogens is 528 g/mol. The van der Waals surface area contributed by atoms with Crippen molar-refractivity contribution in [1.82, 2.24) is 10.2 Å². The van der Waals surface area contributed by atoms with Gasteiger partial charge in [-0.05, 0) is 26.2 Å². The van der Waals surface area contributed by atoms with E-state index in [9.17, 15) is 14.4 Å². The zero-order valence-corrected chi connectivity index (χ0v) is 24.9. The molecule has 1 heterocycles. The minimum absolute atomic E-state index is 0.00495. The van der Waals surface area contributed by atoms with Crippen LogP contribution in [0.5, 0.6) is 0 Å². The number of piperidine rings is 1. The maximum Gasteiger partial charge on any atom is 0.409 e. The number of hydrogen-bond donors (Lipinski definition) is 1. The van der Waals surface area contributed by atoms with Crippen LogP contribution >= 0.6 is 11.8 Å². The van der Waals surface area contributed by atoms with Gasteiger partial charge in [0, 0.05) is 43.0 Å². The summed E-state index contributed by atoms with van der Waals surface area (Å²) in [5.74, 6) is -0.139. The summed E-state index contributed by atoms with van der Waals surface area (Å²) in [5.41, 5.74) is 0. The Bertz CT molecular complexity index is 649. The van der Waals surface area contributed by atoms with Crippen molar-refractivity contribution in [3.8, 4) is 0 Å². The van der Waals surface area contributed by atoms with Crippen molar-refractivity contribution in [2.24, 2.45) is 0 Å². The van der Waals surface area contributed by atoms with Crippen LogP contribution in [0.3, 0.4) is 0 Å². The molecule has 1 saturated heterocycles. The number of rotatable bonds is 24. The van der Waals surface area contributed by atoms with E-state index in [4.69, 9.17) is 28.4 Å². The molecule has 39 heavy (non-hydrogen) atoms. The summed E-state index contributed by atoms with van der Waals surface area (Å²) in [7, 11) is 0. The van der Waals surface area contributed by atoms with Crippen LogP contribution in [0.2, 0.25) is 0 Å². The highest BCUT2D eigenvalue weighted by molar-refractivity contribution is 8.00. The Balaban J connectivity index is 1.77. The third-order valence-electron chi connectivity index (χ3n) is 5.91. The monoisotopic (exact) mass is 578 g/mol. The third kappa shape index (κ3) is 21.0. The van der Waals surface area contributed by atoms with Gasteiger partial charge in [0.05, 0.1) is 66.1 Å². The molecule has 0 spiro atoms. The lowest BCUT2D eigenvalue weighted by molar-refractivity contribution is -0.124. The molecule has 1 unspecified atom stereocenters. The second-order valence-electron chi connectivity index (χ2n) is 9.27. The van der Waals surface area contributed by atoms with E-state index in [1.165, 1.54) is 13.3 Å². The van der Waals surface area contributed by atoms with Gasteiger partial charge in [-0.25, -0.2) is 4.79 Å². The average molecular weight is 579 g/mol. The summed E-state index contributed by atoms with van der Waals surface area (Å²) >= 11 is 2.03. The molecule has 0 aromatic heterocycles. The van der Waals surface area contributed by atoms with Crippen LogP contribution in [-0.2, 0) is 38.0 Å². The zero-order chi connectivity index (χ0) is 28.6. The van der Waals surface area contributed by atoms with E-state index in [1.54, 1.807) is 4.90 Å². The minimum Gasteiger partial charge on any atom is -0.447 e. The van der Waals surface area contributed by atoms with Gasteiger partial charge < -0.3 is 43.4 Å². The van der Waals surface area contributed by atoms with E-state index in [-0.39, 0.29) is 37.2 Å². The lowest BCUT2D eigenvalue weighted by Gasteiger charge is -2.32. The fraction of sp³-hybridized carbons (Fsp3) is 0.889. The fourth-order valence-electron chi connectivity index (χ4n) is 3.50. The second-order valence-corrected chi connectivity index (χ2v) is 11.0. The molecule has 2 amide bonds. The largest absolute Gasteiger partial charge is 0.447 e. The molecule has 1 N–H and O–H groups in total. The molecule has 11 nitrogen and oxygen atoms in total. The summed E-state index contributed by atoms with van der Waals surface area (Å²) in [5, 5.41) is 4.01. The number of likely N-dealkylation sites (tertiary alicyclic amines) is 1. The van der Waals surface area contributed by atoms with Crippen molar-refractivity contribution >= 4 is 29.5 Å². The first kappa shape index (κ1) is 35.6. The number of nitrogens with one attached hydrogen (secondary N) is 1. The molecule has 1 aliphatic rings. The number of Topliss-reactive ketones (excluding diaryl/α,β-unsaturated/α-hetero) is 1. The van der Waals surface area contributed by atoms with E-state index < -0.39 is 0 Å². The molecule has 1 rings (SSSR count). The first-order chi connectivity index (χ1) is 18.9. The number of hydrogen-bond acceptors (Lipinski definition) is 10. The van der Waals surface area contributed by atoms with Crippen LogP contribution in [0, 0.1) is 0 Å². The quantitative estimate of drug-likeness (QED) is 0.171. The molecule has 228 valence electrons. The first-order valence-electron chi connectivity index (χ1n) is 14.1. The number of ether oxygens (including phenoxy) is 6. The van der Waals surface area contributed by atoms with Crippen LogP contribution in [0.15, 0.2) is 0 Å². The van der Waals surface area contributed by atoms with Gasteiger partial charge >= 0.3 is 6.09 Å². The number of thioether (sulfide) groups is 1. The van der Waals surface area contributed by atoms with Crippen molar-refractivity contribution in [2.75, 3.05) is 92.3 Å². The van der Waals surface area contributed by atoms with Gasteiger partial charge in [0.1, 0.15) is 12.4 Å². The van der Waals surface area contributed by atoms with E-state index in [0.717, 1.165) is 25.9 Å². The average Bonchev–Trinajstić information content (AvgIpc) is 2.93. The molecule has 0 aliphatic carbocycles. The SMILES string of the molecule is CCC(C)SC1CCN(C(=O)OCCOCCOCCOCCOCCOCCNC(=O)CCC(C)=O)CC1. The Morgan fingerprint density at radius 2 is 1.28 bits per heavy atom. The Kier molecular flexibility index (Phi) is 22.2. The van der Waals surface area contributed by atoms with E-state index >= 15 is 0 Å². The summed E-state index contributed by atoms with van der Waals surface area (Å²) in [6.07, 6.45) is 3.46. The van der Waals surface area contributed by atoms with E-state index in [0.29, 0.717) is 83.1 Å². The maximum absolute atomic E-state index is 12.2. The van der Waals surface area contributed by atoms with Gasteiger partial charge in [0.15, 0.2) is 0 Å². The Morgan fingerprint density at radius 1 is 0.795 bits per heavy atom. The van der Waals surface area contributed by atoms with Crippen molar-refractivity contribution in [1.29, 1.82) is 0 Å². The number of carbonyl (C=O) groups is 3. The predicted octanol–water partition coefficient (Wildman–Crippen LogP) is 2.69. The topological polar surface area (TPSA) is 122 Å². The van der Waals surface area contributed by atoms with Gasteiger partial charge in [-0.1, -0.05) is 13.8 Å². The molecule has 1 aliphatic heterocycles. The van der Waals surface area contributed by atoms with Crippen molar-refractivity contribution in [3.63, 3.8) is 0 Å². The smallest absolute Gasteiger partial charge is 0.409 e. The summed E-state index contributed by atoms with van der Waals surface area (Å²) in [6.45, 7) is 12.5.